The third kappa shape index (κ3) is 7.49. The van der Waals surface area contributed by atoms with Gasteiger partial charge in [-0.05, 0) is 106 Å². The van der Waals surface area contributed by atoms with Gasteiger partial charge in [0.05, 0.1) is 5.41 Å². The molecule has 0 bridgehead atoms. The zero-order valence-corrected chi connectivity index (χ0v) is 31.7. The molecule has 2 aromatic rings. The molecule has 0 unspecified atom stereocenters. The van der Waals surface area contributed by atoms with Gasteiger partial charge in [0.2, 0.25) is 5.69 Å². The number of hydrogen-bond donors (Lipinski definition) is 2. The van der Waals surface area contributed by atoms with E-state index in [1.807, 2.05) is 0 Å². The number of unbranched alkanes of at least 4 members (excludes halogenated alkanes) is 2. The Morgan fingerprint density at radius 1 is 0.900 bits per heavy atom. The maximum absolute atomic E-state index is 12.7. The second-order valence-corrected chi connectivity index (χ2v) is 16.4. The van der Waals surface area contributed by atoms with Crippen LogP contribution >= 0.6 is 0 Å². The third-order valence-corrected chi connectivity index (χ3v) is 12.1. The Hall–Kier alpha value is -3.70. The van der Waals surface area contributed by atoms with E-state index in [9.17, 15) is 4.79 Å². The highest BCUT2D eigenvalue weighted by molar-refractivity contribution is 6.03. The number of Topliss-reactive ketones (excluding diaryl/α,β-unsaturated/α-hetero) is 1. The summed E-state index contributed by atoms with van der Waals surface area (Å²) in [6.45, 7) is 10.3. The van der Waals surface area contributed by atoms with Crippen molar-refractivity contribution in [1.82, 2.24) is 5.32 Å². The van der Waals surface area contributed by atoms with Gasteiger partial charge in [-0.1, -0.05) is 68.8 Å². The van der Waals surface area contributed by atoms with Crippen LogP contribution in [0.4, 0.5) is 11.4 Å². The lowest BCUT2D eigenvalue weighted by Gasteiger charge is -2.26. The first-order chi connectivity index (χ1) is 24.0. The average Bonchev–Trinajstić information content (AvgIpc) is 3.42. The molecule has 2 aromatic carbocycles. The van der Waals surface area contributed by atoms with Crippen molar-refractivity contribution in [2.45, 2.75) is 122 Å². The summed E-state index contributed by atoms with van der Waals surface area (Å²) in [5.41, 5.74) is 18.1. The van der Waals surface area contributed by atoms with E-state index in [1.165, 1.54) is 50.8 Å². The summed E-state index contributed by atoms with van der Waals surface area (Å²) in [5, 5.41) is 3.93. The molecule has 50 heavy (non-hydrogen) atoms. The quantitative estimate of drug-likeness (QED) is 0.174. The minimum atomic E-state index is -0.0529. The second-order valence-electron chi connectivity index (χ2n) is 16.4. The molecular weight excluding hydrogens is 613 g/mol. The molecule has 0 aromatic heterocycles. The minimum Gasteiger partial charge on any atom is -0.385 e. The maximum atomic E-state index is 12.7. The molecule has 2 aliphatic carbocycles. The van der Waals surface area contributed by atoms with E-state index in [1.54, 1.807) is 0 Å². The molecule has 5 nitrogen and oxygen atoms in total. The normalized spacial score (nSPS) is 24.4. The number of nitrogens with two attached hydrogens (primary N) is 1. The molecule has 266 valence electrons. The molecule has 1 saturated carbocycles. The molecule has 4 aliphatic rings. The van der Waals surface area contributed by atoms with Crippen LogP contribution in [0, 0.1) is 5.92 Å². The van der Waals surface area contributed by atoms with Gasteiger partial charge in [-0.3, -0.25) is 4.79 Å². The van der Waals surface area contributed by atoms with E-state index in [0.717, 1.165) is 77.2 Å². The number of nitrogens with one attached hydrogen (secondary N) is 1. The van der Waals surface area contributed by atoms with Crippen molar-refractivity contribution in [2.24, 2.45) is 11.7 Å². The van der Waals surface area contributed by atoms with E-state index >= 15 is 0 Å². The number of carbonyl (C=O) groups excluding carboxylic acids is 1. The average molecular weight is 674 g/mol. The molecule has 0 amide bonds. The number of anilines is 1. The van der Waals surface area contributed by atoms with Crippen molar-refractivity contribution >= 4 is 22.9 Å². The van der Waals surface area contributed by atoms with Crippen LogP contribution in [0.2, 0.25) is 0 Å². The van der Waals surface area contributed by atoms with Crippen LogP contribution in [0.3, 0.4) is 0 Å². The van der Waals surface area contributed by atoms with Gasteiger partial charge in [-0.25, -0.2) is 0 Å². The number of ketones is 1. The fourth-order valence-electron chi connectivity index (χ4n) is 9.10. The van der Waals surface area contributed by atoms with Gasteiger partial charge in [0.1, 0.15) is 12.8 Å². The summed E-state index contributed by atoms with van der Waals surface area (Å²) in [6.07, 6.45) is 21.8. The van der Waals surface area contributed by atoms with Crippen molar-refractivity contribution in [3.63, 3.8) is 0 Å². The maximum Gasteiger partial charge on any atom is 0.209 e. The summed E-state index contributed by atoms with van der Waals surface area (Å²) in [7, 11) is 4.40. The smallest absolute Gasteiger partial charge is 0.209 e. The fraction of sp³-hybridized carbons (Fsp3) is 0.511. The molecule has 0 atom stereocenters. The Morgan fingerprint density at radius 3 is 2.36 bits per heavy atom. The van der Waals surface area contributed by atoms with Crippen molar-refractivity contribution < 1.29 is 9.37 Å². The topological polar surface area (TPSA) is 61.4 Å². The van der Waals surface area contributed by atoms with Crippen molar-refractivity contribution in [3.8, 4) is 0 Å². The van der Waals surface area contributed by atoms with Gasteiger partial charge in [0, 0.05) is 72.7 Å². The third-order valence-electron chi connectivity index (χ3n) is 12.1. The first-order valence-corrected chi connectivity index (χ1v) is 19.4. The van der Waals surface area contributed by atoms with Crippen molar-refractivity contribution in [2.75, 3.05) is 25.5 Å². The van der Waals surface area contributed by atoms with Crippen molar-refractivity contribution in [1.29, 1.82) is 0 Å². The van der Waals surface area contributed by atoms with Gasteiger partial charge in [-0.2, -0.15) is 4.58 Å². The largest absolute Gasteiger partial charge is 0.385 e. The molecule has 6 rings (SSSR count). The summed E-state index contributed by atoms with van der Waals surface area (Å²) in [6, 6.07) is 17.9. The first-order valence-electron chi connectivity index (χ1n) is 19.4. The molecule has 0 radical (unpaired) electrons. The van der Waals surface area contributed by atoms with Gasteiger partial charge < -0.3 is 16.0 Å². The van der Waals surface area contributed by atoms with E-state index in [0.29, 0.717) is 24.2 Å². The van der Waals surface area contributed by atoms with E-state index in [4.69, 9.17) is 5.73 Å². The molecule has 1 fully saturated rings. The standard InChI is InChI=1S/C45H60N4O/c1-44(2)37-18-9-11-20-39(37)48(5)41(44)28-24-33-15-14-16-34(25-29-42-45(3,4)38-19-10-12-21-40(38)49(42)6)43(33)47-30-13-7-8-17-36(50)31-32-22-26-35(46)27-23-32/h9-12,18-21,24-25,28-29,32,35H,7-8,13-17,22-23,26-27,30-31,46H2,1-6H3/p+1/b33-24?,41-28+. The zero-order valence-electron chi connectivity index (χ0n) is 31.7. The fourth-order valence-corrected chi connectivity index (χ4v) is 9.10. The van der Waals surface area contributed by atoms with Crippen LogP contribution in [-0.2, 0) is 15.6 Å². The number of carbonyl (C=O) groups is 1. The molecule has 2 heterocycles. The second kappa shape index (κ2) is 15.3. The number of likely N-dealkylation sites (N-methyl/N-ethyl adjacent to an activating group) is 1. The summed E-state index contributed by atoms with van der Waals surface area (Å²) in [4.78, 5) is 15.1. The summed E-state index contributed by atoms with van der Waals surface area (Å²) < 4.78 is 2.36. The number of nitrogens with zero attached hydrogens (tertiary/aromatic N) is 2. The first kappa shape index (κ1) is 36.1. The van der Waals surface area contributed by atoms with E-state index in [2.05, 4.69) is 129 Å². The number of hydrogen-bond acceptors (Lipinski definition) is 4. The van der Waals surface area contributed by atoms with Crippen LogP contribution in [0.25, 0.3) is 0 Å². The highest BCUT2D eigenvalue weighted by atomic mass is 16.1. The van der Waals surface area contributed by atoms with Gasteiger partial charge in [0.25, 0.3) is 0 Å². The monoisotopic (exact) mass is 673 g/mol. The molecular formula is C45H61N4O+. The van der Waals surface area contributed by atoms with Crippen LogP contribution < -0.4 is 16.0 Å². The predicted octanol–water partition coefficient (Wildman–Crippen LogP) is 9.55. The van der Waals surface area contributed by atoms with Crippen molar-refractivity contribution in [3.05, 3.63) is 107 Å². The lowest BCUT2D eigenvalue weighted by Crippen LogP contribution is -2.27. The Balaban J connectivity index is 1.19. The molecule has 5 heteroatoms. The number of fused-ring (bicyclic) bond motifs is 2. The lowest BCUT2D eigenvalue weighted by atomic mass is 9.81. The highest BCUT2D eigenvalue weighted by Gasteiger charge is 2.42. The number of benzene rings is 2. The lowest BCUT2D eigenvalue weighted by molar-refractivity contribution is -0.401. The zero-order chi connectivity index (χ0) is 35.5. The highest BCUT2D eigenvalue weighted by Crippen LogP contribution is 2.47. The van der Waals surface area contributed by atoms with Crippen LogP contribution in [0.5, 0.6) is 0 Å². The Kier molecular flexibility index (Phi) is 11.0. The predicted molar refractivity (Wildman–Crippen MR) is 210 cm³/mol. The van der Waals surface area contributed by atoms with Crippen LogP contribution in [0.15, 0.2) is 95.4 Å². The Labute approximate surface area is 302 Å². The molecule has 0 saturated heterocycles. The molecule has 0 spiro atoms. The summed E-state index contributed by atoms with van der Waals surface area (Å²) in [5.74, 6) is 1.00. The number of allylic oxidation sites excluding steroid dienone is 7. The SMILES string of the molecule is CN1/C(=C/C=C2CCCC(/C=C/C3=[N+](C)c4ccccc4C3(C)C)=C2NCCCCCC(=O)CC2CCC(N)CC2)C(C)(C)c2ccccc21. The van der Waals surface area contributed by atoms with E-state index in [-0.39, 0.29) is 10.8 Å². The molecule has 3 N–H and O–H groups in total. The van der Waals surface area contributed by atoms with E-state index < -0.39 is 0 Å². The van der Waals surface area contributed by atoms with Gasteiger partial charge >= 0.3 is 0 Å². The summed E-state index contributed by atoms with van der Waals surface area (Å²) >= 11 is 0. The Bertz CT molecular complexity index is 1730. The van der Waals surface area contributed by atoms with Crippen LogP contribution in [0.1, 0.15) is 116 Å². The number of rotatable bonds is 12. The Morgan fingerprint density at radius 2 is 1.62 bits per heavy atom. The minimum absolute atomic E-state index is 0.0529. The molecule has 2 aliphatic heterocycles. The van der Waals surface area contributed by atoms with Crippen LogP contribution in [-0.4, -0.2) is 42.8 Å². The van der Waals surface area contributed by atoms with Gasteiger partial charge in [0.15, 0.2) is 5.71 Å². The van der Waals surface area contributed by atoms with Gasteiger partial charge in [-0.15, -0.1) is 0 Å². The number of para-hydroxylation sites is 2.